The van der Waals surface area contributed by atoms with Crippen molar-refractivity contribution < 1.29 is 9.18 Å². The fourth-order valence-electron chi connectivity index (χ4n) is 2.21. The van der Waals surface area contributed by atoms with E-state index in [1.165, 1.54) is 12.1 Å². The van der Waals surface area contributed by atoms with E-state index in [1.54, 1.807) is 30.5 Å². The number of halogens is 2. The van der Waals surface area contributed by atoms with Crippen molar-refractivity contribution >= 4 is 28.3 Å². The van der Waals surface area contributed by atoms with Crippen LogP contribution in [0.3, 0.4) is 0 Å². The molecule has 0 aliphatic rings. The SMILES string of the molecule is O=C(Cc1ccc(F)cc1)c1c[nH]c2ccc(Cl)cc12. The number of aromatic amines is 1. The third-order valence-corrected chi connectivity index (χ3v) is 3.46. The summed E-state index contributed by atoms with van der Waals surface area (Å²) in [5, 5.41) is 1.40. The molecule has 3 rings (SSSR count). The lowest BCUT2D eigenvalue weighted by molar-refractivity contribution is 0.0994. The Balaban J connectivity index is 1.92. The smallest absolute Gasteiger partial charge is 0.169 e. The summed E-state index contributed by atoms with van der Waals surface area (Å²) in [6.45, 7) is 0. The van der Waals surface area contributed by atoms with Gasteiger partial charge in [0.05, 0.1) is 0 Å². The molecule has 0 fully saturated rings. The Morgan fingerprint density at radius 3 is 2.65 bits per heavy atom. The van der Waals surface area contributed by atoms with E-state index in [9.17, 15) is 9.18 Å². The first-order valence-electron chi connectivity index (χ1n) is 6.18. The van der Waals surface area contributed by atoms with Crippen molar-refractivity contribution in [2.45, 2.75) is 6.42 Å². The number of aromatic nitrogens is 1. The average molecular weight is 288 g/mol. The van der Waals surface area contributed by atoms with Crippen LogP contribution in [-0.2, 0) is 6.42 Å². The monoisotopic (exact) mass is 287 g/mol. The molecule has 0 unspecified atom stereocenters. The van der Waals surface area contributed by atoms with Gasteiger partial charge < -0.3 is 4.98 Å². The summed E-state index contributed by atoms with van der Waals surface area (Å²) in [4.78, 5) is 15.4. The molecule has 1 aromatic heterocycles. The van der Waals surface area contributed by atoms with Crippen LogP contribution in [0.4, 0.5) is 4.39 Å². The highest BCUT2D eigenvalue weighted by molar-refractivity contribution is 6.31. The Labute approximate surface area is 120 Å². The fourth-order valence-corrected chi connectivity index (χ4v) is 2.38. The molecule has 1 heterocycles. The predicted octanol–water partition coefficient (Wildman–Crippen LogP) is 4.39. The van der Waals surface area contributed by atoms with Crippen LogP contribution in [0.25, 0.3) is 10.9 Å². The van der Waals surface area contributed by atoms with Gasteiger partial charge in [-0.05, 0) is 35.9 Å². The Morgan fingerprint density at radius 1 is 1.15 bits per heavy atom. The molecule has 1 N–H and O–H groups in total. The maximum Gasteiger partial charge on any atom is 0.169 e. The molecular formula is C16H11ClFNO. The van der Waals surface area contributed by atoms with Gasteiger partial charge in [-0.1, -0.05) is 23.7 Å². The fraction of sp³-hybridized carbons (Fsp3) is 0.0625. The molecule has 20 heavy (non-hydrogen) atoms. The molecule has 100 valence electrons. The van der Waals surface area contributed by atoms with Gasteiger partial charge in [0.25, 0.3) is 0 Å². The van der Waals surface area contributed by atoms with Gasteiger partial charge >= 0.3 is 0 Å². The molecule has 0 aliphatic heterocycles. The summed E-state index contributed by atoms with van der Waals surface area (Å²) in [5.74, 6) is -0.329. The van der Waals surface area contributed by atoms with Crippen LogP contribution in [0.1, 0.15) is 15.9 Å². The largest absolute Gasteiger partial charge is 0.360 e. The first-order chi connectivity index (χ1) is 9.63. The van der Waals surface area contributed by atoms with E-state index in [2.05, 4.69) is 4.98 Å². The lowest BCUT2D eigenvalue weighted by Crippen LogP contribution is -2.02. The number of hydrogen-bond donors (Lipinski definition) is 1. The van der Waals surface area contributed by atoms with Gasteiger partial charge in [-0.3, -0.25) is 4.79 Å². The van der Waals surface area contributed by atoms with Gasteiger partial charge in [0.15, 0.2) is 5.78 Å². The number of benzene rings is 2. The molecule has 2 aromatic carbocycles. The first-order valence-corrected chi connectivity index (χ1v) is 6.55. The van der Waals surface area contributed by atoms with Crippen LogP contribution in [0.15, 0.2) is 48.7 Å². The van der Waals surface area contributed by atoms with E-state index in [0.29, 0.717) is 10.6 Å². The number of hydrogen-bond acceptors (Lipinski definition) is 1. The van der Waals surface area contributed by atoms with Gasteiger partial charge in [0.1, 0.15) is 5.82 Å². The summed E-state index contributed by atoms with van der Waals surface area (Å²) < 4.78 is 12.8. The standard InChI is InChI=1S/C16H11ClFNO/c17-11-3-6-15-13(8-11)14(9-19-15)16(20)7-10-1-4-12(18)5-2-10/h1-6,8-9,19H,7H2. The average Bonchev–Trinajstić information content (AvgIpc) is 2.84. The van der Waals surface area contributed by atoms with Crippen LogP contribution in [0, 0.1) is 5.82 Å². The van der Waals surface area contributed by atoms with Crippen molar-refractivity contribution in [2.75, 3.05) is 0 Å². The normalized spacial score (nSPS) is 10.9. The minimum atomic E-state index is -0.305. The Kier molecular flexibility index (Phi) is 3.28. The van der Waals surface area contributed by atoms with Gasteiger partial charge in [-0.2, -0.15) is 0 Å². The van der Waals surface area contributed by atoms with Crippen LogP contribution in [-0.4, -0.2) is 10.8 Å². The molecule has 4 heteroatoms. The van der Waals surface area contributed by atoms with Gasteiger partial charge in [0, 0.05) is 34.1 Å². The van der Waals surface area contributed by atoms with E-state index in [-0.39, 0.29) is 18.0 Å². The number of nitrogens with one attached hydrogen (secondary N) is 1. The number of ketones is 1. The van der Waals surface area contributed by atoms with E-state index in [4.69, 9.17) is 11.6 Å². The summed E-state index contributed by atoms with van der Waals surface area (Å²) in [6, 6.07) is 11.3. The van der Waals surface area contributed by atoms with E-state index in [0.717, 1.165) is 16.5 Å². The van der Waals surface area contributed by atoms with Crippen LogP contribution in [0.5, 0.6) is 0 Å². The quantitative estimate of drug-likeness (QED) is 0.712. The van der Waals surface area contributed by atoms with Crippen molar-refractivity contribution in [1.82, 2.24) is 4.98 Å². The number of fused-ring (bicyclic) bond motifs is 1. The van der Waals surface area contributed by atoms with E-state index >= 15 is 0 Å². The van der Waals surface area contributed by atoms with Crippen molar-refractivity contribution in [2.24, 2.45) is 0 Å². The first kappa shape index (κ1) is 12.9. The van der Waals surface area contributed by atoms with Crippen molar-refractivity contribution in [1.29, 1.82) is 0 Å². The zero-order valence-electron chi connectivity index (χ0n) is 10.5. The summed E-state index contributed by atoms with van der Waals surface area (Å²) in [5.41, 5.74) is 2.26. The lowest BCUT2D eigenvalue weighted by Gasteiger charge is -2.01. The zero-order valence-corrected chi connectivity index (χ0v) is 11.2. The molecule has 0 spiro atoms. The maximum absolute atomic E-state index is 12.8. The second-order valence-electron chi connectivity index (χ2n) is 4.62. The highest BCUT2D eigenvalue weighted by Crippen LogP contribution is 2.23. The Hall–Kier alpha value is -2.13. The van der Waals surface area contributed by atoms with Crippen molar-refractivity contribution in [3.8, 4) is 0 Å². The minimum absolute atomic E-state index is 0.0230. The summed E-state index contributed by atoms with van der Waals surface area (Å²) in [7, 11) is 0. The molecule has 0 radical (unpaired) electrons. The molecule has 0 aliphatic carbocycles. The number of rotatable bonds is 3. The minimum Gasteiger partial charge on any atom is -0.360 e. The van der Waals surface area contributed by atoms with E-state index in [1.807, 2.05) is 6.07 Å². The van der Waals surface area contributed by atoms with Crippen LogP contribution >= 0.6 is 11.6 Å². The molecule has 0 bridgehead atoms. The van der Waals surface area contributed by atoms with Crippen molar-refractivity contribution in [3.05, 3.63) is 70.6 Å². The second-order valence-corrected chi connectivity index (χ2v) is 5.06. The Bertz CT molecular complexity index is 777. The van der Waals surface area contributed by atoms with Crippen LogP contribution in [0.2, 0.25) is 5.02 Å². The second kappa shape index (κ2) is 5.10. The molecule has 0 saturated carbocycles. The number of Topliss-reactive ketones (excluding diaryl/α,β-unsaturated/α-hetero) is 1. The molecule has 0 atom stereocenters. The topological polar surface area (TPSA) is 32.9 Å². The molecule has 3 aromatic rings. The van der Waals surface area contributed by atoms with Crippen LogP contribution < -0.4 is 0 Å². The number of carbonyl (C=O) groups is 1. The molecule has 2 nitrogen and oxygen atoms in total. The predicted molar refractivity (Wildman–Crippen MR) is 77.7 cm³/mol. The van der Waals surface area contributed by atoms with Crippen molar-refractivity contribution in [3.63, 3.8) is 0 Å². The third kappa shape index (κ3) is 2.45. The third-order valence-electron chi connectivity index (χ3n) is 3.22. The van der Waals surface area contributed by atoms with Gasteiger partial charge in [0.2, 0.25) is 0 Å². The zero-order chi connectivity index (χ0) is 14.1. The molecular weight excluding hydrogens is 277 g/mol. The summed E-state index contributed by atoms with van der Waals surface area (Å²) >= 11 is 5.96. The lowest BCUT2D eigenvalue weighted by atomic mass is 10.0. The number of carbonyl (C=O) groups excluding carboxylic acids is 1. The molecule has 0 amide bonds. The van der Waals surface area contributed by atoms with Gasteiger partial charge in [-0.25, -0.2) is 4.39 Å². The molecule has 0 saturated heterocycles. The van der Waals surface area contributed by atoms with Gasteiger partial charge in [-0.15, -0.1) is 0 Å². The number of H-pyrrole nitrogens is 1. The highest BCUT2D eigenvalue weighted by atomic mass is 35.5. The van der Waals surface area contributed by atoms with E-state index < -0.39 is 0 Å². The highest BCUT2D eigenvalue weighted by Gasteiger charge is 2.13. The Morgan fingerprint density at radius 2 is 1.90 bits per heavy atom. The maximum atomic E-state index is 12.8. The summed E-state index contributed by atoms with van der Waals surface area (Å²) in [6.07, 6.45) is 1.92.